The molecule has 3 nitrogen and oxygen atoms in total. The normalized spacial score (nSPS) is 29.6. The highest BCUT2D eigenvalue weighted by Gasteiger charge is 2.40. The second kappa shape index (κ2) is 4.77. The minimum atomic E-state index is -4.43. The van der Waals surface area contributed by atoms with E-state index in [1.807, 2.05) is 0 Å². The van der Waals surface area contributed by atoms with Gasteiger partial charge in [-0.3, -0.25) is 0 Å². The van der Waals surface area contributed by atoms with Crippen LogP contribution in [0.15, 0.2) is 29.3 Å². The molecule has 108 valence electrons. The Morgan fingerprint density at radius 1 is 1.20 bits per heavy atom. The summed E-state index contributed by atoms with van der Waals surface area (Å²) in [5, 5.41) is 9.59. The van der Waals surface area contributed by atoms with Gasteiger partial charge in [-0.2, -0.15) is 13.2 Å². The first kappa shape index (κ1) is 13.4. The molecule has 1 N–H and O–H groups in total. The lowest BCUT2D eigenvalue weighted by molar-refractivity contribution is -0.137. The Balaban J connectivity index is 1.92. The standard InChI is InChI=1S/C14H14F3NO2/c15-14(16,17)10-4-2-1-3-9(10)13-18-11-6-5-8(19)7-12(11)20-13/h1-4,8,11-12,19H,5-7H2. The Labute approximate surface area is 114 Å². The van der Waals surface area contributed by atoms with E-state index in [0.29, 0.717) is 19.3 Å². The number of nitrogens with zero attached hydrogens (tertiary/aromatic N) is 1. The van der Waals surface area contributed by atoms with E-state index in [-0.39, 0.29) is 23.6 Å². The molecule has 0 spiro atoms. The predicted octanol–water partition coefficient (Wildman–Crippen LogP) is 2.76. The van der Waals surface area contributed by atoms with Gasteiger partial charge in [0.2, 0.25) is 5.90 Å². The Hall–Kier alpha value is -1.56. The minimum Gasteiger partial charge on any atom is -0.472 e. The summed E-state index contributed by atoms with van der Waals surface area (Å²) in [5.41, 5.74) is -0.762. The van der Waals surface area contributed by atoms with Crippen molar-refractivity contribution in [2.24, 2.45) is 4.99 Å². The minimum absolute atomic E-state index is 0.0242. The number of aliphatic hydroxyl groups excluding tert-OH is 1. The van der Waals surface area contributed by atoms with Crippen molar-refractivity contribution in [1.82, 2.24) is 0 Å². The van der Waals surface area contributed by atoms with Gasteiger partial charge < -0.3 is 9.84 Å². The van der Waals surface area contributed by atoms with E-state index in [0.717, 1.165) is 6.07 Å². The van der Waals surface area contributed by atoms with Crippen molar-refractivity contribution >= 4 is 5.90 Å². The molecule has 3 rings (SSSR count). The number of alkyl halides is 3. The Morgan fingerprint density at radius 2 is 1.95 bits per heavy atom. The van der Waals surface area contributed by atoms with Gasteiger partial charge in [-0.25, -0.2) is 4.99 Å². The monoisotopic (exact) mass is 285 g/mol. The molecule has 1 aliphatic carbocycles. The van der Waals surface area contributed by atoms with Crippen LogP contribution in [0.3, 0.4) is 0 Å². The number of halogens is 3. The van der Waals surface area contributed by atoms with Crippen LogP contribution in [0.2, 0.25) is 0 Å². The molecule has 0 bridgehead atoms. The van der Waals surface area contributed by atoms with Crippen molar-refractivity contribution in [2.75, 3.05) is 0 Å². The zero-order chi connectivity index (χ0) is 14.3. The van der Waals surface area contributed by atoms with E-state index in [2.05, 4.69) is 4.99 Å². The number of hydrogen-bond acceptors (Lipinski definition) is 3. The highest BCUT2D eigenvalue weighted by Crippen LogP contribution is 2.36. The third-order valence-electron chi connectivity index (χ3n) is 3.74. The molecule has 3 unspecified atom stereocenters. The zero-order valence-corrected chi connectivity index (χ0v) is 10.6. The summed E-state index contributed by atoms with van der Waals surface area (Å²) >= 11 is 0. The molecular formula is C14H14F3NO2. The molecule has 0 amide bonds. The van der Waals surface area contributed by atoms with Crippen molar-refractivity contribution in [2.45, 2.75) is 43.7 Å². The smallest absolute Gasteiger partial charge is 0.417 e. The number of rotatable bonds is 1. The van der Waals surface area contributed by atoms with Crippen LogP contribution in [0.25, 0.3) is 0 Å². The van der Waals surface area contributed by atoms with E-state index in [1.165, 1.54) is 18.2 Å². The molecule has 20 heavy (non-hydrogen) atoms. The number of ether oxygens (including phenoxy) is 1. The quantitative estimate of drug-likeness (QED) is 0.862. The Kier molecular flexibility index (Phi) is 3.20. The zero-order valence-electron chi connectivity index (χ0n) is 10.6. The van der Waals surface area contributed by atoms with Crippen LogP contribution in [-0.4, -0.2) is 29.3 Å². The second-order valence-corrected chi connectivity index (χ2v) is 5.17. The lowest BCUT2D eigenvalue weighted by Gasteiger charge is -2.26. The van der Waals surface area contributed by atoms with E-state index < -0.39 is 17.8 Å². The summed E-state index contributed by atoms with van der Waals surface area (Å²) in [6.07, 6.45) is -3.52. The van der Waals surface area contributed by atoms with Gasteiger partial charge in [-0.1, -0.05) is 12.1 Å². The molecule has 1 aromatic carbocycles. The van der Waals surface area contributed by atoms with Crippen LogP contribution in [0.4, 0.5) is 13.2 Å². The molecule has 1 aliphatic heterocycles. The van der Waals surface area contributed by atoms with Gasteiger partial charge >= 0.3 is 6.18 Å². The predicted molar refractivity (Wildman–Crippen MR) is 66.5 cm³/mol. The highest BCUT2D eigenvalue weighted by molar-refractivity contribution is 5.97. The van der Waals surface area contributed by atoms with E-state index >= 15 is 0 Å². The van der Waals surface area contributed by atoms with Crippen molar-refractivity contribution in [3.8, 4) is 0 Å². The SMILES string of the molecule is OC1CCC2N=C(c3ccccc3C(F)(F)F)OC2C1. The molecule has 3 atom stereocenters. The first-order chi connectivity index (χ1) is 9.45. The molecule has 1 fully saturated rings. The van der Waals surface area contributed by atoms with Gasteiger partial charge in [0.1, 0.15) is 6.10 Å². The number of hydrogen-bond donors (Lipinski definition) is 1. The number of aliphatic hydroxyl groups is 1. The van der Waals surface area contributed by atoms with Crippen LogP contribution >= 0.6 is 0 Å². The maximum Gasteiger partial charge on any atom is 0.417 e. The summed E-state index contributed by atoms with van der Waals surface area (Å²) in [6, 6.07) is 5.13. The Bertz CT molecular complexity index is 541. The van der Waals surface area contributed by atoms with Crippen LogP contribution < -0.4 is 0 Å². The summed E-state index contributed by atoms with van der Waals surface area (Å²) in [4.78, 5) is 4.27. The largest absolute Gasteiger partial charge is 0.472 e. The molecule has 0 saturated heterocycles. The fourth-order valence-electron chi connectivity index (χ4n) is 2.74. The third kappa shape index (κ3) is 2.40. The van der Waals surface area contributed by atoms with Crippen LogP contribution in [0.1, 0.15) is 30.4 Å². The van der Waals surface area contributed by atoms with Gasteiger partial charge in [0.25, 0.3) is 0 Å². The van der Waals surface area contributed by atoms with Crippen molar-refractivity contribution < 1.29 is 23.0 Å². The fraction of sp³-hybridized carbons (Fsp3) is 0.500. The van der Waals surface area contributed by atoms with Gasteiger partial charge in [-0.05, 0) is 25.0 Å². The van der Waals surface area contributed by atoms with Crippen molar-refractivity contribution in [3.05, 3.63) is 35.4 Å². The molecule has 0 radical (unpaired) electrons. The lowest BCUT2D eigenvalue weighted by Crippen LogP contribution is -2.33. The molecule has 2 aliphatic rings. The van der Waals surface area contributed by atoms with Crippen LogP contribution in [0.5, 0.6) is 0 Å². The average Bonchev–Trinajstić information content (AvgIpc) is 2.80. The Morgan fingerprint density at radius 3 is 2.70 bits per heavy atom. The van der Waals surface area contributed by atoms with Crippen LogP contribution in [-0.2, 0) is 10.9 Å². The lowest BCUT2D eigenvalue weighted by atomic mass is 9.91. The van der Waals surface area contributed by atoms with Crippen molar-refractivity contribution in [3.63, 3.8) is 0 Å². The van der Waals surface area contributed by atoms with Gasteiger partial charge in [-0.15, -0.1) is 0 Å². The molecule has 1 saturated carbocycles. The first-order valence-corrected chi connectivity index (χ1v) is 6.54. The summed E-state index contributed by atoms with van der Waals surface area (Å²) in [5.74, 6) is 0.0435. The molecule has 1 aromatic rings. The van der Waals surface area contributed by atoms with E-state index in [9.17, 15) is 18.3 Å². The highest BCUT2D eigenvalue weighted by atomic mass is 19.4. The molecule has 6 heteroatoms. The second-order valence-electron chi connectivity index (χ2n) is 5.17. The maximum atomic E-state index is 13.0. The first-order valence-electron chi connectivity index (χ1n) is 6.54. The third-order valence-corrected chi connectivity index (χ3v) is 3.74. The summed E-state index contributed by atoms with van der Waals surface area (Å²) in [6.45, 7) is 0. The average molecular weight is 285 g/mol. The number of aliphatic imine (C=N–C) groups is 1. The molecular weight excluding hydrogens is 271 g/mol. The summed E-state index contributed by atoms with van der Waals surface area (Å²) < 4.78 is 44.5. The topological polar surface area (TPSA) is 41.8 Å². The fourth-order valence-corrected chi connectivity index (χ4v) is 2.74. The molecule has 0 aromatic heterocycles. The van der Waals surface area contributed by atoms with E-state index in [1.54, 1.807) is 0 Å². The van der Waals surface area contributed by atoms with Crippen molar-refractivity contribution in [1.29, 1.82) is 0 Å². The number of fused-ring (bicyclic) bond motifs is 1. The maximum absolute atomic E-state index is 13.0. The van der Waals surface area contributed by atoms with Crippen LogP contribution in [0, 0.1) is 0 Å². The van der Waals surface area contributed by atoms with Gasteiger partial charge in [0.15, 0.2) is 0 Å². The summed E-state index contributed by atoms with van der Waals surface area (Å²) in [7, 11) is 0. The van der Waals surface area contributed by atoms with Gasteiger partial charge in [0, 0.05) is 12.0 Å². The molecule has 1 heterocycles. The van der Waals surface area contributed by atoms with Gasteiger partial charge in [0.05, 0.1) is 17.7 Å². The van der Waals surface area contributed by atoms with E-state index in [4.69, 9.17) is 4.74 Å². The number of benzene rings is 1.